The lowest BCUT2D eigenvalue weighted by atomic mass is 10.1. The molecule has 4 rings (SSSR count). The van der Waals surface area contributed by atoms with E-state index in [0.717, 1.165) is 15.0 Å². The maximum absolute atomic E-state index is 11.8. The van der Waals surface area contributed by atoms with E-state index in [4.69, 9.17) is 4.74 Å². The third-order valence-corrected chi connectivity index (χ3v) is 5.97. The number of benzene rings is 3. The predicted octanol–water partition coefficient (Wildman–Crippen LogP) is 7.44. The zero-order valence-corrected chi connectivity index (χ0v) is 20.4. The third-order valence-electron chi connectivity index (χ3n) is 4.87. The number of hydrogen-bond acceptors (Lipinski definition) is 4. The Morgan fingerprint density at radius 3 is 1.91 bits per heavy atom. The molecule has 0 saturated carbocycles. The van der Waals surface area contributed by atoms with Gasteiger partial charge in [-0.05, 0) is 69.8 Å². The summed E-state index contributed by atoms with van der Waals surface area (Å²) in [6.07, 6.45) is 0.270. The number of carbonyl (C=O) groups excluding carboxylic acids is 2. The van der Waals surface area contributed by atoms with Gasteiger partial charge in [-0.25, -0.2) is 0 Å². The number of rotatable bonds is 3. The van der Waals surface area contributed by atoms with Gasteiger partial charge in [-0.3, -0.25) is 9.59 Å². The summed E-state index contributed by atoms with van der Waals surface area (Å²) in [5.74, 6) is -0.176. The first-order chi connectivity index (χ1) is 15.0. The van der Waals surface area contributed by atoms with Crippen LogP contribution in [0, 0.1) is 13.8 Å². The van der Waals surface area contributed by atoms with Crippen LogP contribution in [0.25, 0.3) is 20.9 Å². The van der Waals surface area contributed by atoms with Crippen molar-refractivity contribution in [1.29, 1.82) is 0 Å². The number of fused-ring (bicyclic) bond motifs is 2. The largest absolute Gasteiger partial charge is 0.460 e. The summed E-state index contributed by atoms with van der Waals surface area (Å²) in [5.41, 5.74) is 2.89. The highest BCUT2D eigenvalue weighted by Gasteiger charge is 2.17. The Morgan fingerprint density at radius 1 is 0.812 bits per heavy atom. The second-order valence-corrected chi connectivity index (χ2v) is 10.3. The molecule has 4 aromatic rings. The number of aryl methyl sites for hydroxylation is 2. The van der Waals surface area contributed by atoms with Crippen LogP contribution >= 0.6 is 11.3 Å². The molecule has 0 aliphatic heterocycles. The Bertz CT molecular complexity index is 1230. The van der Waals surface area contributed by atoms with Crippen LogP contribution < -0.4 is 0 Å². The Labute approximate surface area is 194 Å². The molecule has 0 aliphatic carbocycles. The highest BCUT2D eigenvalue weighted by atomic mass is 32.1. The topological polar surface area (TPSA) is 43.4 Å². The summed E-state index contributed by atoms with van der Waals surface area (Å²) >= 11 is 1.53. The van der Waals surface area contributed by atoms with E-state index in [0.29, 0.717) is 5.56 Å². The normalized spacial score (nSPS) is 11.2. The van der Waals surface area contributed by atoms with Gasteiger partial charge in [0.15, 0.2) is 5.78 Å². The third kappa shape index (κ3) is 6.51. The number of ketones is 1. The van der Waals surface area contributed by atoms with E-state index >= 15 is 0 Å². The molecule has 0 spiro atoms. The van der Waals surface area contributed by atoms with Crippen molar-refractivity contribution in [3.05, 3.63) is 82.2 Å². The minimum Gasteiger partial charge on any atom is -0.460 e. The molecule has 166 valence electrons. The van der Waals surface area contributed by atoms with Crippen LogP contribution in [-0.2, 0) is 16.0 Å². The molecule has 3 nitrogen and oxygen atoms in total. The zero-order valence-electron chi connectivity index (χ0n) is 19.6. The molecule has 0 fully saturated rings. The molecule has 4 heteroatoms. The van der Waals surface area contributed by atoms with Gasteiger partial charge in [-0.1, -0.05) is 59.7 Å². The van der Waals surface area contributed by atoms with Crippen molar-refractivity contribution in [3.8, 4) is 0 Å². The molecule has 1 aromatic heterocycles. The molecular formula is C28H30O3S. The van der Waals surface area contributed by atoms with Gasteiger partial charge >= 0.3 is 5.97 Å². The smallest absolute Gasteiger partial charge is 0.311 e. The average molecular weight is 447 g/mol. The number of Topliss-reactive ketones (excluding diaryl/α,β-unsaturated/α-hetero) is 1. The molecular weight excluding hydrogens is 416 g/mol. The summed E-state index contributed by atoms with van der Waals surface area (Å²) in [6.45, 7) is 11.4. The monoisotopic (exact) mass is 446 g/mol. The number of hydrogen-bond donors (Lipinski definition) is 0. The Kier molecular flexibility index (Phi) is 7.15. The van der Waals surface area contributed by atoms with Gasteiger partial charge in [0.1, 0.15) is 5.60 Å². The highest BCUT2D eigenvalue weighted by molar-refractivity contribution is 7.19. The van der Waals surface area contributed by atoms with E-state index in [2.05, 4.69) is 50.2 Å². The van der Waals surface area contributed by atoms with Crippen LogP contribution in [0.4, 0.5) is 0 Å². The van der Waals surface area contributed by atoms with Gasteiger partial charge in [0.2, 0.25) is 0 Å². The van der Waals surface area contributed by atoms with Crippen molar-refractivity contribution in [2.75, 3.05) is 0 Å². The number of esters is 1. The fourth-order valence-electron chi connectivity index (χ4n) is 3.40. The van der Waals surface area contributed by atoms with E-state index in [-0.39, 0.29) is 18.2 Å². The molecule has 0 amide bonds. The molecule has 0 N–H and O–H groups in total. The van der Waals surface area contributed by atoms with Crippen molar-refractivity contribution < 1.29 is 14.3 Å². The van der Waals surface area contributed by atoms with Gasteiger partial charge < -0.3 is 4.74 Å². The standard InChI is InChI=1S/C16H18O3S.C12H12/c1-10(17)11-5-6-12-7-13(20-14(12)8-11)9-15(18)19-16(2,3)4;1-9-3-5-12-8-10(2)4-6-11(12)7-9/h5-8H,9H2,1-4H3;3-8H,1-2H3. The van der Waals surface area contributed by atoms with Crippen LogP contribution in [0.5, 0.6) is 0 Å². The minimum atomic E-state index is -0.463. The highest BCUT2D eigenvalue weighted by Crippen LogP contribution is 2.27. The molecule has 0 bridgehead atoms. The molecule has 1 heterocycles. The van der Waals surface area contributed by atoms with Gasteiger partial charge in [-0.2, -0.15) is 0 Å². The van der Waals surface area contributed by atoms with E-state index < -0.39 is 5.60 Å². The van der Waals surface area contributed by atoms with E-state index in [1.807, 2.05) is 45.0 Å². The van der Waals surface area contributed by atoms with Crippen molar-refractivity contribution in [2.45, 2.75) is 53.6 Å². The van der Waals surface area contributed by atoms with E-state index in [1.54, 1.807) is 6.92 Å². The number of thiophene rings is 1. The first-order valence-corrected chi connectivity index (χ1v) is 11.5. The lowest BCUT2D eigenvalue weighted by Crippen LogP contribution is -2.24. The Balaban J connectivity index is 0.000000204. The summed E-state index contributed by atoms with van der Waals surface area (Å²) in [7, 11) is 0. The average Bonchev–Trinajstić information content (AvgIpc) is 3.08. The summed E-state index contributed by atoms with van der Waals surface area (Å²) in [6, 6.07) is 20.7. The van der Waals surface area contributed by atoms with Crippen LogP contribution in [0.1, 0.15) is 54.1 Å². The van der Waals surface area contributed by atoms with E-state index in [1.165, 1.54) is 33.2 Å². The Morgan fingerprint density at radius 2 is 1.38 bits per heavy atom. The van der Waals surface area contributed by atoms with Gasteiger partial charge in [-0.15, -0.1) is 11.3 Å². The first-order valence-electron chi connectivity index (χ1n) is 10.7. The van der Waals surface area contributed by atoms with Crippen LogP contribution in [0.3, 0.4) is 0 Å². The fourth-order valence-corrected chi connectivity index (χ4v) is 4.49. The summed E-state index contributed by atoms with van der Waals surface area (Å²) < 4.78 is 6.34. The fraction of sp³-hybridized carbons (Fsp3) is 0.286. The molecule has 32 heavy (non-hydrogen) atoms. The summed E-state index contributed by atoms with van der Waals surface area (Å²) in [5, 5.41) is 3.72. The van der Waals surface area contributed by atoms with E-state index in [9.17, 15) is 9.59 Å². The molecule has 3 aromatic carbocycles. The molecule has 0 atom stereocenters. The van der Waals surface area contributed by atoms with Gasteiger partial charge in [0.05, 0.1) is 6.42 Å². The van der Waals surface area contributed by atoms with Crippen LogP contribution in [0.2, 0.25) is 0 Å². The van der Waals surface area contributed by atoms with Crippen molar-refractivity contribution in [2.24, 2.45) is 0 Å². The maximum Gasteiger partial charge on any atom is 0.311 e. The quantitative estimate of drug-likeness (QED) is 0.242. The molecule has 0 unspecified atom stereocenters. The summed E-state index contributed by atoms with van der Waals surface area (Å²) in [4.78, 5) is 24.1. The number of ether oxygens (including phenoxy) is 1. The molecule has 0 radical (unpaired) electrons. The molecule has 0 aliphatic rings. The predicted molar refractivity (Wildman–Crippen MR) is 135 cm³/mol. The molecule has 0 saturated heterocycles. The Hall–Kier alpha value is -2.98. The van der Waals surface area contributed by atoms with Crippen LogP contribution in [-0.4, -0.2) is 17.4 Å². The second-order valence-electron chi connectivity index (χ2n) is 9.14. The first kappa shape index (κ1) is 23.7. The lowest BCUT2D eigenvalue weighted by Gasteiger charge is -2.19. The van der Waals surface area contributed by atoms with Crippen molar-refractivity contribution >= 4 is 43.9 Å². The minimum absolute atomic E-state index is 0.0500. The SMILES string of the molecule is CC(=O)c1ccc2cc(CC(=O)OC(C)(C)C)sc2c1.Cc1ccc2cc(C)ccc2c1. The van der Waals surface area contributed by atoms with Crippen LogP contribution in [0.15, 0.2) is 60.7 Å². The van der Waals surface area contributed by atoms with Gasteiger partial charge in [0.25, 0.3) is 0 Å². The van der Waals surface area contributed by atoms with Gasteiger partial charge in [0, 0.05) is 15.1 Å². The van der Waals surface area contributed by atoms with Crippen molar-refractivity contribution in [1.82, 2.24) is 0 Å². The second kappa shape index (κ2) is 9.66. The maximum atomic E-state index is 11.8. The lowest BCUT2D eigenvalue weighted by molar-refractivity contribution is -0.153. The number of carbonyl (C=O) groups is 2. The zero-order chi connectivity index (χ0) is 23.5. The van der Waals surface area contributed by atoms with Crippen molar-refractivity contribution in [3.63, 3.8) is 0 Å².